The van der Waals surface area contributed by atoms with Gasteiger partial charge in [0.25, 0.3) is 0 Å². The molecule has 3 nitrogen and oxygen atoms in total. The van der Waals surface area contributed by atoms with E-state index in [1.165, 1.54) is 5.56 Å². The Morgan fingerprint density at radius 2 is 1.75 bits per heavy atom. The molecule has 0 aromatic heterocycles. The van der Waals surface area contributed by atoms with Crippen molar-refractivity contribution in [2.24, 2.45) is 5.16 Å². The normalized spacial score (nSPS) is 16.6. The molecule has 0 bridgehead atoms. The van der Waals surface area contributed by atoms with E-state index in [9.17, 15) is 0 Å². The number of oxime groups is 1. The SMILES string of the molecule is ON=C1CCN(Cc2ccccc2)CC1.[Cl-]. The average Bonchev–Trinajstić information content (AvgIpc) is 2.31. The first-order chi connectivity index (χ1) is 7.38. The Balaban J connectivity index is 0.00000128. The smallest absolute Gasteiger partial charge is 0.0596 e. The first-order valence-corrected chi connectivity index (χ1v) is 5.34. The Labute approximate surface area is 102 Å². The van der Waals surface area contributed by atoms with Crippen LogP contribution in [0, 0.1) is 0 Å². The minimum absolute atomic E-state index is 0. The van der Waals surface area contributed by atoms with Gasteiger partial charge in [0.05, 0.1) is 5.71 Å². The highest BCUT2D eigenvalue weighted by Gasteiger charge is 2.14. The van der Waals surface area contributed by atoms with E-state index in [1.54, 1.807) is 0 Å². The van der Waals surface area contributed by atoms with Crippen LogP contribution in [0.25, 0.3) is 0 Å². The van der Waals surface area contributed by atoms with Gasteiger partial charge in [-0.05, 0) is 5.56 Å². The molecule has 1 aromatic rings. The topological polar surface area (TPSA) is 35.8 Å². The molecular weight excluding hydrogens is 224 g/mol. The maximum absolute atomic E-state index is 8.64. The predicted molar refractivity (Wildman–Crippen MR) is 60.2 cm³/mol. The van der Waals surface area contributed by atoms with Crippen LogP contribution >= 0.6 is 0 Å². The fourth-order valence-corrected chi connectivity index (χ4v) is 1.91. The molecule has 0 amide bonds. The number of hydrogen-bond acceptors (Lipinski definition) is 3. The van der Waals surface area contributed by atoms with Crippen molar-refractivity contribution in [2.45, 2.75) is 19.4 Å². The molecule has 1 saturated heterocycles. The first kappa shape index (κ1) is 13.0. The Bertz CT molecular complexity index is 330. The Hall–Kier alpha value is -1.06. The van der Waals surface area contributed by atoms with Crippen molar-refractivity contribution < 1.29 is 17.6 Å². The number of nitrogens with zero attached hydrogens (tertiary/aromatic N) is 2. The van der Waals surface area contributed by atoms with Gasteiger partial charge in [0.15, 0.2) is 0 Å². The molecule has 2 rings (SSSR count). The number of benzene rings is 1. The Morgan fingerprint density at radius 1 is 1.12 bits per heavy atom. The van der Waals surface area contributed by atoms with Crippen LogP contribution in [0.1, 0.15) is 18.4 Å². The van der Waals surface area contributed by atoms with E-state index in [-0.39, 0.29) is 12.4 Å². The minimum Gasteiger partial charge on any atom is -1.00 e. The lowest BCUT2D eigenvalue weighted by atomic mass is 10.1. The van der Waals surface area contributed by atoms with E-state index in [1.807, 2.05) is 6.07 Å². The van der Waals surface area contributed by atoms with Crippen LogP contribution in [0.3, 0.4) is 0 Å². The lowest BCUT2D eigenvalue weighted by Gasteiger charge is -2.26. The van der Waals surface area contributed by atoms with Crippen molar-refractivity contribution in [1.29, 1.82) is 0 Å². The van der Waals surface area contributed by atoms with E-state index in [0.717, 1.165) is 38.2 Å². The van der Waals surface area contributed by atoms with Gasteiger partial charge in [0, 0.05) is 32.5 Å². The summed E-state index contributed by atoms with van der Waals surface area (Å²) in [4.78, 5) is 2.39. The van der Waals surface area contributed by atoms with Crippen molar-refractivity contribution in [3.05, 3.63) is 35.9 Å². The lowest BCUT2D eigenvalue weighted by molar-refractivity contribution is -0.00000393. The Kier molecular flexibility index (Phi) is 5.29. The van der Waals surface area contributed by atoms with Crippen molar-refractivity contribution >= 4 is 5.71 Å². The molecule has 1 aromatic carbocycles. The Morgan fingerprint density at radius 3 is 2.31 bits per heavy atom. The van der Waals surface area contributed by atoms with Crippen LogP contribution < -0.4 is 12.4 Å². The molecule has 1 aliphatic heterocycles. The molecule has 0 radical (unpaired) electrons. The third kappa shape index (κ3) is 3.51. The molecule has 0 aliphatic carbocycles. The maximum Gasteiger partial charge on any atom is 0.0596 e. The van der Waals surface area contributed by atoms with Gasteiger partial charge >= 0.3 is 0 Å². The molecule has 0 atom stereocenters. The van der Waals surface area contributed by atoms with E-state index in [0.29, 0.717) is 0 Å². The van der Waals surface area contributed by atoms with Gasteiger partial charge in [-0.2, -0.15) is 0 Å². The third-order valence-corrected chi connectivity index (χ3v) is 2.82. The van der Waals surface area contributed by atoms with Crippen molar-refractivity contribution in [3.63, 3.8) is 0 Å². The quantitative estimate of drug-likeness (QED) is 0.537. The summed E-state index contributed by atoms with van der Waals surface area (Å²) in [5.74, 6) is 0. The van der Waals surface area contributed by atoms with Crippen LogP contribution in [0.2, 0.25) is 0 Å². The molecule has 1 fully saturated rings. The van der Waals surface area contributed by atoms with E-state index < -0.39 is 0 Å². The minimum atomic E-state index is 0. The second-order valence-electron chi connectivity index (χ2n) is 3.93. The first-order valence-electron chi connectivity index (χ1n) is 5.34. The second kappa shape index (κ2) is 6.51. The fraction of sp³-hybridized carbons (Fsp3) is 0.417. The van der Waals surface area contributed by atoms with E-state index in [2.05, 4.69) is 34.3 Å². The zero-order valence-corrected chi connectivity index (χ0v) is 9.90. The standard InChI is InChI=1S/C12H16N2O.ClH/c15-13-12-6-8-14(9-7-12)10-11-4-2-1-3-5-11;/h1-5,15H,6-10H2;1H/p-1. The molecular formula is C12H16ClN2O-. The van der Waals surface area contributed by atoms with E-state index in [4.69, 9.17) is 5.21 Å². The number of rotatable bonds is 2. The second-order valence-corrected chi connectivity index (χ2v) is 3.93. The van der Waals surface area contributed by atoms with Gasteiger partial charge in [-0.15, -0.1) is 0 Å². The summed E-state index contributed by atoms with van der Waals surface area (Å²) in [6, 6.07) is 10.5. The van der Waals surface area contributed by atoms with Crippen molar-refractivity contribution in [1.82, 2.24) is 4.90 Å². The molecule has 1 heterocycles. The zero-order chi connectivity index (χ0) is 10.5. The number of piperidine rings is 1. The zero-order valence-electron chi connectivity index (χ0n) is 9.14. The van der Waals surface area contributed by atoms with Crippen LogP contribution in [0.15, 0.2) is 35.5 Å². The fourth-order valence-electron chi connectivity index (χ4n) is 1.91. The van der Waals surface area contributed by atoms with Gasteiger partial charge in [0.2, 0.25) is 0 Å². The molecule has 4 heteroatoms. The monoisotopic (exact) mass is 239 g/mol. The van der Waals surface area contributed by atoms with Crippen molar-refractivity contribution in [3.8, 4) is 0 Å². The highest BCUT2D eigenvalue weighted by molar-refractivity contribution is 5.84. The average molecular weight is 240 g/mol. The summed E-state index contributed by atoms with van der Waals surface area (Å²) in [7, 11) is 0. The number of hydrogen-bond donors (Lipinski definition) is 1. The molecule has 1 aliphatic rings. The molecule has 0 unspecified atom stereocenters. The predicted octanol–water partition coefficient (Wildman–Crippen LogP) is -0.883. The largest absolute Gasteiger partial charge is 1.00 e. The van der Waals surface area contributed by atoms with Gasteiger partial charge in [-0.3, -0.25) is 4.90 Å². The summed E-state index contributed by atoms with van der Waals surface area (Å²) >= 11 is 0. The van der Waals surface area contributed by atoms with Gasteiger partial charge < -0.3 is 17.6 Å². The number of halogens is 1. The van der Waals surface area contributed by atoms with Gasteiger partial charge in [-0.25, -0.2) is 0 Å². The van der Waals surface area contributed by atoms with Gasteiger partial charge in [-0.1, -0.05) is 35.5 Å². The summed E-state index contributed by atoms with van der Waals surface area (Å²) < 4.78 is 0. The highest BCUT2D eigenvalue weighted by Crippen LogP contribution is 2.11. The molecule has 88 valence electrons. The van der Waals surface area contributed by atoms with Crippen LogP contribution in [-0.2, 0) is 6.54 Å². The van der Waals surface area contributed by atoms with Crippen molar-refractivity contribution in [2.75, 3.05) is 13.1 Å². The molecule has 0 saturated carbocycles. The summed E-state index contributed by atoms with van der Waals surface area (Å²) in [5.41, 5.74) is 2.28. The molecule has 16 heavy (non-hydrogen) atoms. The lowest BCUT2D eigenvalue weighted by Crippen LogP contribution is -3.00. The van der Waals surface area contributed by atoms with Crippen LogP contribution in [0.5, 0.6) is 0 Å². The highest BCUT2D eigenvalue weighted by atomic mass is 35.5. The van der Waals surface area contributed by atoms with E-state index >= 15 is 0 Å². The molecule has 1 N–H and O–H groups in total. The van der Waals surface area contributed by atoms with Gasteiger partial charge in [0.1, 0.15) is 0 Å². The summed E-state index contributed by atoms with van der Waals surface area (Å²) in [6.45, 7) is 2.99. The maximum atomic E-state index is 8.64. The molecule has 0 spiro atoms. The third-order valence-electron chi connectivity index (χ3n) is 2.82. The van der Waals surface area contributed by atoms with Crippen LogP contribution in [0.4, 0.5) is 0 Å². The van der Waals surface area contributed by atoms with Crippen LogP contribution in [-0.4, -0.2) is 28.9 Å². The number of likely N-dealkylation sites (tertiary alicyclic amines) is 1. The summed E-state index contributed by atoms with van der Waals surface area (Å²) in [6.07, 6.45) is 1.78. The summed E-state index contributed by atoms with van der Waals surface area (Å²) in [5, 5.41) is 11.9.